The van der Waals surface area contributed by atoms with Crippen LogP contribution in [0, 0.1) is 5.92 Å². The molecule has 7 nitrogen and oxygen atoms in total. The second-order valence-electron chi connectivity index (χ2n) is 7.00. The monoisotopic (exact) mass is 432 g/mol. The molecule has 1 saturated heterocycles. The summed E-state index contributed by atoms with van der Waals surface area (Å²) in [7, 11) is 0. The van der Waals surface area contributed by atoms with E-state index in [0.29, 0.717) is 13.0 Å². The molecule has 1 aliphatic rings. The van der Waals surface area contributed by atoms with Crippen LogP contribution in [0.2, 0.25) is 0 Å². The van der Waals surface area contributed by atoms with Gasteiger partial charge >= 0.3 is 18.1 Å². The Bertz CT molecular complexity index is 712. The van der Waals surface area contributed by atoms with Gasteiger partial charge < -0.3 is 20.5 Å². The number of benzene rings is 1. The molecule has 0 unspecified atom stereocenters. The number of nitrogens with two attached hydrogens (primary N) is 1. The van der Waals surface area contributed by atoms with E-state index < -0.39 is 24.2 Å². The number of aliphatic carboxylic acids is 1. The Labute approximate surface area is 173 Å². The maximum atomic E-state index is 12.5. The molecule has 0 radical (unpaired) electrons. The summed E-state index contributed by atoms with van der Waals surface area (Å²) in [6.45, 7) is 4.78. The van der Waals surface area contributed by atoms with Crippen molar-refractivity contribution in [1.82, 2.24) is 4.90 Å². The summed E-state index contributed by atoms with van der Waals surface area (Å²) in [5.74, 6) is -3.13. The Balaban J connectivity index is 0.000000553. The van der Waals surface area contributed by atoms with Gasteiger partial charge in [0, 0.05) is 6.54 Å². The number of nitrogens with zero attached hydrogens (tertiary/aromatic N) is 1. The number of esters is 1. The molecule has 0 aliphatic carbocycles. The number of rotatable bonds is 6. The van der Waals surface area contributed by atoms with E-state index in [1.54, 1.807) is 4.90 Å². The predicted octanol–water partition coefficient (Wildman–Crippen LogP) is 2.73. The van der Waals surface area contributed by atoms with Crippen LogP contribution in [0.15, 0.2) is 30.3 Å². The number of likely N-dealkylation sites (tertiary alicyclic amines) is 1. The summed E-state index contributed by atoms with van der Waals surface area (Å²) in [6, 6.07) is 8.48. The third-order valence-electron chi connectivity index (χ3n) is 4.82. The predicted molar refractivity (Wildman–Crippen MR) is 102 cm³/mol. The second kappa shape index (κ2) is 11.5. The van der Waals surface area contributed by atoms with E-state index in [1.807, 2.05) is 44.2 Å². The first kappa shape index (κ1) is 25.4. The molecule has 1 heterocycles. The van der Waals surface area contributed by atoms with Crippen molar-refractivity contribution in [3.8, 4) is 0 Å². The van der Waals surface area contributed by atoms with Crippen LogP contribution in [-0.2, 0) is 25.7 Å². The van der Waals surface area contributed by atoms with E-state index >= 15 is 0 Å². The first-order chi connectivity index (χ1) is 14.0. The fourth-order valence-electron chi connectivity index (χ4n) is 2.79. The molecule has 0 bridgehead atoms. The SMILES string of the molecule is CC[C@H](C)[C@H](N)C(=O)N1CCC[C@@H]1C(=O)OCc1ccccc1.O=C(O)C(F)(F)F. The maximum Gasteiger partial charge on any atom is 0.490 e. The first-order valence-corrected chi connectivity index (χ1v) is 9.55. The summed E-state index contributed by atoms with van der Waals surface area (Å²) in [4.78, 5) is 35.4. The molecular weight excluding hydrogens is 405 g/mol. The molecule has 1 aliphatic heterocycles. The summed E-state index contributed by atoms with van der Waals surface area (Å²) in [5, 5.41) is 7.12. The Morgan fingerprint density at radius 3 is 2.33 bits per heavy atom. The zero-order chi connectivity index (χ0) is 22.9. The summed E-state index contributed by atoms with van der Waals surface area (Å²) in [5.41, 5.74) is 6.97. The normalized spacial score (nSPS) is 18.1. The van der Waals surface area contributed by atoms with Crippen LogP contribution in [0.25, 0.3) is 0 Å². The fourth-order valence-corrected chi connectivity index (χ4v) is 2.79. The molecule has 0 spiro atoms. The number of halogens is 3. The highest BCUT2D eigenvalue weighted by atomic mass is 19.4. The van der Waals surface area contributed by atoms with Gasteiger partial charge in [-0.25, -0.2) is 9.59 Å². The van der Waals surface area contributed by atoms with Gasteiger partial charge in [-0.2, -0.15) is 13.2 Å². The van der Waals surface area contributed by atoms with E-state index in [9.17, 15) is 22.8 Å². The highest BCUT2D eigenvalue weighted by molar-refractivity contribution is 5.88. The average molecular weight is 432 g/mol. The molecule has 3 N–H and O–H groups in total. The molecule has 1 fully saturated rings. The lowest BCUT2D eigenvalue weighted by atomic mass is 9.98. The van der Waals surface area contributed by atoms with Crippen molar-refractivity contribution in [2.75, 3.05) is 6.54 Å². The van der Waals surface area contributed by atoms with E-state index in [0.717, 1.165) is 18.4 Å². The number of carboxylic acid groups (broad SMARTS) is 1. The van der Waals surface area contributed by atoms with Crippen LogP contribution < -0.4 is 5.73 Å². The molecule has 1 aromatic rings. The van der Waals surface area contributed by atoms with Crippen LogP contribution in [0.3, 0.4) is 0 Å². The van der Waals surface area contributed by atoms with Gasteiger partial charge in [-0.1, -0.05) is 50.6 Å². The number of carbonyl (C=O) groups excluding carboxylic acids is 2. The lowest BCUT2D eigenvalue weighted by molar-refractivity contribution is -0.192. The highest BCUT2D eigenvalue weighted by Gasteiger charge is 2.39. The molecule has 168 valence electrons. The molecule has 0 aromatic heterocycles. The van der Waals surface area contributed by atoms with Crippen molar-refractivity contribution in [3.63, 3.8) is 0 Å². The van der Waals surface area contributed by atoms with E-state index in [-0.39, 0.29) is 24.4 Å². The van der Waals surface area contributed by atoms with Gasteiger partial charge in [0.25, 0.3) is 0 Å². The van der Waals surface area contributed by atoms with Gasteiger partial charge in [0.1, 0.15) is 12.6 Å². The standard InChI is InChI=1S/C18H26N2O3.C2HF3O2/c1-3-13(2)16(19)17(21)20-11-7-10-15(20)18(22)23-12-14-8-5-4-6-9-14;3-2(4,5)1(6)7/h4-6,8-9,13,15-16H,3,7,10-12,19H2,1-2H3;(H,6,7)/t13-,15+,16-;/m0./s1. The zero-order valence-electron chi connectivity index (χ0n) is 16.9. The number of carboxylic acids is 1. The summed E-state index contributed by atoms with van der Waals surface area (Å²) in [6.07, 6.45) is -2.79. The number of alkyl halides is 3. The molecular formula is C20H27F3N2O5. The van der Waals surface area contributed by atoms with Crippen molar-refractivity contribution in [2.24, 2.45) is 11.7 Å². The fraction of sp³-hybridized carbons (Fsp3) is 0.550. The highest BCUT2D eigenvalue weighted by Crippen LogP contribution is 2.22. The molecule has 1 aromatic carbocycles. The van der Waals surface area contributed by atoms with Gasteiger partial charge in [-0.05, 0) is 24.3 Å². The number of hydrogen-bond donors (Lipinski definition) is 2. The van der Waals surface area contributed by atoms with Crippen molar-refractivity contribution >= 4 is 17.8 Å². The van der Waals surface area contributed by atoms with Crippen LogP contribution in [-0.4, -0.2) is 52.7 Å². The maximum absolute atomic E-state index is 12.5. The topological polar surface area (TPSA) is 110 Å². The van der Waals surface area contributed by atoms with Gasteiger partial charge in [0.2, 0.25) is 5.91 Å². The Morgan fingerprint density at radius 1 is 1.27 bits per heavy atom. The minimum Gasteiger partial charge on any atom is -0.475 e. The smallest absolute Gasteiger partial charge is 0.475 e. The quantitative estimate of drug-likeness (QED) is 0.669. The minimum atomic E-state index is -5.08. The molecule has 30 heavy (non-hydrogen) atoms. The van der Waals surface area contributed by atoms with Crippen LogP contribution in [0.5, 0.6) is 0 Å². The minimum absolute atomic E-state index is 0.101. The van der Waals surface area contributed by atoms with Crippen molar-refractivity contribution in [2.45, 2.75) is 58.0 Å². The number of amides is 1. The lowest BCUT2D eigenvalue weighted by Gasteiger charge is -2.28. The third-order valence-corrected chi connectivity index (χ3v) is 4.82. The largest absolute Gasteiger partial charge is 0.490 e. The molecule has 10 heteroatoms. The third kappa shape index (κ3) is 7.66. The lowest BCUT2D eigenvalue weighted by Crippen LogP contribution is -2.51. The Morgan fingerprint density at radius 2 is 1.83 bits per heavy atom. The molecule has 2 rings (SSSR count). The van der Waals surface area contributed by atoms with Crippen LogP contribution in [0.4, 0.5) is 13.2 Å². The van der Waals surface area contributed by atoms with E-state index in [2.05, 4.69) is 0 Å². The van der Waals surface area contributed by atoms with E-state index in [4.69, 9.17) is 20.4 Å². The number of carbonyl (C=O) groups is 3. The molecule has 0 saturated carbocycles. The van der Waals surface area contributed by atoms with Gasteiger partial charge in [-0.3, -0.25) is 4.79 Å². The van der Waals surface area contributed by atoms with Gasteiger partial charge in [0.15, 0.2) is 0 Å². The van der Waals surface area contributed by atoms with Crippen molar-refractivity contribution < 1.29 is 37.4 Å². The van der Waals surface area contributed by atoms with Crippen LogP contribution >= 0.6 is 0 Å². The molecule has 1 amide bonds. The second-order valence-corrected chi connectivity index (χ2v) is 7.00. The summed E-state index contributed by atoms with van der Waals surface area (Å²) >= 11 is 0. The Hall–Kier alpha value is -2.62. The molecule has 3 atom stereocenters. The van der Waals surface area contributed by atoms with Gasteiger partial charge in [0.05, 0.1) is 6.04 Å². The van der Waals surface area contributed by atoms with Crippen molar-refractivity contribution in [1.29, 1.82) is 0 Å². The van der Waals surface area contributed by atoms with E-state index in [1.165, 1.54) is 0 Å². The Kier molecular flexibility index (Phi) is 9.77. The zero-order valence-corrected chi connectivity index (χ0v) is 16.9. The summed E-state index contributed by atoms with van der Waals surface area (Å²) < 4.78 is 37.1. The number of ether oxygens (including phenoxy) is 1. The number of hydrogen-bond acceptors (Lipinski definition) is 5. The first-order valence-electron chi connectivity index (χ1n) is 9.55. The van der Waals surface area contributed by atoms with Crippen LogP contribution in [0.1, 0.15) is 38.7 Å². The van der Waals surface area contributed by atoms with Crippen molar-refractivity contribution in [3.05, 3.63) is 35.9 Å². The van der Waals surface area contributed by atoms with Gasteiger partial charge in [-0.15, -0.1) is 0 Å². The average Bonchev–Trinajstić information content (AvgIpc) is 3.20.